The van der Waals surface area contributed by atoms with Crippen LogP contribution in [-0.4, -0.2) is 54.0 Å². The molecule has 4 aromatic rings. The molecule has 200 valence electrons. The van der Waals surface area contributed by atoms with E-state index in [0.717, 1.165) is 48.7 Å². The Balaban J connectivity index is 1.38. The van der Waals surface area contributed by atoms with E-state index in [9.17, 15) is 4.79 Å². The molecule has 1 saturated heterocycles. The summed E-state index contributed by atoms with van der Waals surface area (Å²) < 4.78 is 6.05. The van der Waals surface area contributed by atoms with Crippen molar-refractivity contribution in [2.45, 2.75) is 13.8 Å². The van der Waals surface area contributed by atoms with E-state index in [1.165, 1.54) is 11.9 Å². The van der Waals surface area contributed by atoms with Gasteiger partial charge in [-0.15, -0.1) is 0 Å². The highest BCUT2D eigenvalue weighted by atomic mass is 35.5. The van der Waals surface area contributed by atoms with E-state index in [1.807, 2.05) is 44.2 Å². The fraction of sp³-hybridized carbons (Fsp3) is 0.233. The Hall–Kier alpha value is -4.14. The Morgan fingerprint density at radius 1 is 0.923 bits per heavy atom. The summed E-state index contributed by atoms with van der Waals surface area (Å²) in [6.07, 6.45) is 1.47. The number of piperazine rings is 1. The van der Waals surface area contributed by atoms with Crippen LogP contribution >= 0.6 is 11.6 Å². The lowest BCUT2D eigenvalue weighted by molar-refractivity contribution is 0.102. The van der Waals surface area contributed by atoms with Gasteiger partial charge in [-0.3, -0.25) is 4.79 Å². The number of nitrogens with one attached hydrogen (secondary N) is 2. The van der Waals surface area contributed by atoms with Crippen LogP contribution in [0.2, 0.25) is 5.02 Å². The number of nitrogens with zero attached hydrogens (tertiary/aromatic N) is 4. The average molecular weight is 543 g/mol. The van der Waals surface area contributed by atoms with Gasteiger partial charge in [0, 0.05) is 54.5 Å². The van der Waals surface area contributed by atoms with Crippen molar-refractivity contribution in [3.63, 3.8) is 0 Å². The predicted molar refractivity (Wildman–Crippen MR) is 157 cm³/mol. The van der Waals surface area contributed by atoms with E-state index in [2.05, 4.69) is 49.6 Å². The lowest BCUT2D eigenvalue weighted by atomic mass is 10.1. The van der Waals surface area contributed by atoms with Crippen LogP contribution in [0.3, 0.4) is 0 Å². The summed E-state index contributed by atoms with van der Waals surface area (Å²) in [6.45, 7) is 8.01. The first-order chi connectivity index (χ1) is 18.9. The number of rotatable bonds is 7. The molecular formula is C30H31ClN6O2. The zero-order valence-electron chi connectivity index (χ0n) is 22.2. The van der Waals surface area contributed by atoms with Crippen molar-refractivity contribution in [1.82, 2.24) is 14.9 Å². The highest BCUT2D eigenvalue weighted by molar-refractivity contribution is 6.30. The third kappa shape index (κ3) is 6.47. The lowest BCUT2D eigenvalue weighted by Crippen LogP contribution is -2.44. The monoisotopic (exact) mass is 542 g/mol. The molecule has 5 rings (SSSR count). The summed E-state index contributed by atoms with van der Waals surface area (Å²) in [4.78, 5) is 27.0. The molecular weight excluding hydrogens is 512 g/mol. The first-order valence-electron chi connectivity index (χ1n) is 12.8. The molecule has 3 aromatic carbocycles. The maximum atomic E-state index is 13.3. The number of carbonyl (C=O) groups excluding carboxylic acids is 1. The molecule has 1 amide bonds. The van der Waals surface area contributed by atoms with E-state index in [1.54, 1.807) is 24.3 Å². The largest absolute Gasteiger partial charge is 0.438 e. The maximum Gasteiger partial charge on any atom is 0.262 e. The summed E-state index contributed by atoms with van der Waals surface area (Å²) >= 11 is 6.04. The van der Waals surface area contributed by atoms with Gasteiger partial charge < -0.3 is 25.2 Å². The van der Waals surface area contributed by atoms with Gasteiger partial charge >= 0.3 is 0 Å². The smallest absolute Gasteiger partial charge is 0.262 e. The summed E-state index contributed by atoms with van der Waals surface area (Å²) in [5, 5.41) is 6.80. The molecule has 0 unspecified atom stereocenters. The molecule has 0 bridgehead atoms. The number of anilines is 4. The Labute approximate surface area is 233 Å². The Morgan fingerprint density at radius 2 is 1.59 bits per heavy atom. The summed E-state index contributed by atoms with van der Waals surface area (Å²) in [7, 11) is 2.15. The van der Waals surface area contributed by atoms with Crippen molar-refractivity contribution >= 4 is 40.5 Å². The van der Waals surface area contributed by atoms with Gasteiger partial charge in [-0.2, -0.15) is 4.98 Å². The van der Waals surface area contributed by atoms with Gasteiger partial charge in [0.05, 0.1) is 0 Å². The standard InChI is InChI=1S/C30H31ClN6O2/c1-20-5-4-6-21(2)27(20)34-28(38)26-19-32-30(35-29(26)39-25-13-7-22(31)8-14-25)33-23-9-11-24(12-10-23)37-17-15-36(3)16-18-37/h4-14,19H,15-18H2,1-3H3,(H,34,38)(H,32,33,35). The van der Waals surface area contributed by atoms with Gasteiger partial charge in [0.2, 0.25) is 11.8 Å². The van der Waals surface area contributed by atoms with Crippen LogP contribution in [0.25, 0.3) is 0 Å². The van der Waals surface area contributed by atoms with Crippen molar-refractivity contribution in [3.05, 3.63) is 94.6 Å². The number of halogens is 1. The van der Waals surface area contributed by atoms with Gasteiger partial charge in [-0.05, 0) is 80.6 Å². The zero-order valence-corrected chi connectivity index (χ0v) is 23.0. The maximum absolute atomic E-state index is 13.3. The molecule has 0 radical (unpaired) electrons. The number of likely N-dealkylation sites (N-methyl/N-ethyl adjacent to an activating group) is 1. The number of amides is 1. The van der Waals surface area contributed by atoms with Gasteiger partial charge in [-0.25, -0.2) is 4.98 Å². The van der Waals surface area contributed by atoms with Crippen molar-refractivity contribution in [3.8, 4) is 11.6 Å². The molecule has 0 aliphatic carbocycles. The molecule has 8 nitrogen and oxygen atoms in total. The Bertz CT molecular complexity index is 1430. The van der Waals surface area contributed by atoms with E-state index in [0.29, 0.717) is 16.7 Å². The van der Waals surface area contributed by atoms with Gasteiger partial charge in [0.25, 0.3) is 5.91 Å². The molecule has 2 heterocycles. The molecule has 1 aromatic heterocycles. The fourth-order valence-electron chi connectivity index (χ4n) is 4.42. The lowest BCUT2D eigenvalue weighted by Gasteiger charge is -2.34. The normalized spacial score (nSPS) is 13.7. The third-order valence-corrected chi connectivity index (χ3v) is 6.99. The molecule has 1 aliphatic heterocycles. The summed E-state index contributed by atoms with van der Waals surface area (Å²) in [5.41, 5.74) is 4.90. The van der Waals surface area contributed by atoms with Gasteiger partial charge in [-0.1, -0.05) is 29.8 Å². The van der Waals surface area contributed by atoms with Crippen LogP contribution in [-0.2, 0) is 0 Å². The molecule has 1 fully saturated rings. The highest BCUT2D eigenvalue weighted by Gasteiger charge is 2.19. The highest BCUT2D eigenvalue weighted by Crippen LogP contribution is 2.29. The van der Waals surface area contributed by atoms with E-state index >= 15 is 0 Å². The number of benzene rings is 3. The number of hydrogen-bond acceptors (Lipinski definition) is 7. The molecule has 9 heteroatoms. The topological polar surface area (TPSA) is 82.6 Å². The third-order valence-electron chi connectivity index (χ3n) is 6.74. The first-order valence-corrected chi connectivity index (χ1v) is 13.2. The fourth-order valence-corrected chi connectivity index (χ4v) is 4.54. The number of carbonyl (C=O) groups is 1. The average Bonchev–Trinajstić information content (AvgIpc) is 2.93. The minimum absolute atomic E-state index is 0.132. The number of para-hydroxylation sites is 1. The van der Waals surface area contributed by atoms with Crippen LogP contribution in [0.1, 0.15) is 21.5 Å². The molecule has 0 spiro atoms. The summed E-state index contributed by atoms with van der Waals surface area (Å²) in [5.74, 6) is 0.587. The quantitative estimate of drug-likeness (QED) is 0.284. The second-order valence-electron chi connectivity index (χ2n) is 9.65. The molecule has 0 saturated carbocycles. The van der Waals surface area contributed by atoms with E-state index < -0.39 is 0 Å². The van der Waals surface area contributed by atoms with Crippen LogP contribution in [0.4, 0.5) is 23.0 Å². The van der Waals surface area contributed by atoms with Crippen LogP contribution < -0.4 is 20.3 Å². The van der Waals surface area contributed by atoms with Crippen LogP contribution in [0.5, 0.6) is 11.6 Å². The van der Waals surface area contributed by atoms with Gasteiger partial charge in [0.1, 0.15) is 11.3 Å². The molecule has 39 heavy (non-hydrogen) atoms. The van der Waals surface area contributed by atoms with Crippen molar-refractivity contribution in [1.29, 1.82) is 0 Å². The van der Waals surface area contributed by atoms with Gasteiger partial charge in [0.15, 0.2) is 0 Å². The summed E-state index contributed by atoms with van der Waals surface area (Å²) in [6, 6.07) is 20.9. The Morgan fingerprint density at radius 3 is 2.26 bits per heavy atom. The molecule has 0 atom stereocenters. The van der Waals surface area contributed by atoms with E-state index in [4.69, 9.17) is 16.3 Å². The minimum Gasteiger partial charge on any atom is -0.438 e. The number of aryl methyl sites for hydroxylation is 2. The van der Waals surface area contributed by atoms with Crippen LogP contribution in [0.15, 0.2) is 72.9 Å². The molecule has 1 aliphatic rings. The van der Waals surface area contributed by atoms with Crippen molar-refractivity contribution in [2.24, 2.45) is 0 Å². The number of ether oxygens (including phenoxy) is 1. The first kappa shape index (κ1) is 26.5. The Kier molecular flexibility index (Phi) is 7.95. The SMILES string of the molecule is Cc1cccc(C)c1NC(=O)c1cnc(Nc2ccc(N3CCN(C)CC3)cc2)nc1Oc1ccc(Cl)cc1. The number of hydrogen-bond donors (Lipinski definition) is 2. The van der Waals surface area contributed by atoms with E-state index in [-0.39, 0.29) is 17.4 Å². The zero-order chi connectivity index (χ0) is 27.4. The van der Waals surface area contributed by atoms with Crippen LogP contribution in [0, 0.1) is 13.8 Å². The second-order valence-corrected chi connectivity index (χ2v) is 10.1. The molecule has 2 N–H and O–H groups in total. The van der Waals surface area contributed by atoms with Crippen molar-refractivity contribution in [2.75, 3.05) is 48.8 Å². The number of aromatic nitrogens is 2. The predicted octanol–water partition coefficient (Wildman–Crippen LogP) is 6.29. The minimum atomic E-state index is -0.362. The van der Waals surface area contributed by atoms with Crippen molar-refractivity contribution < 1.29 is 9.53 Å². The second kappa shape index (κ2) is 11.7.